The van der Waals surface area contributed by atoms with Gasteiger partial charge in [0.15, 0.2) is 0 Å². The Morgan fingerprint density at radius 1 is 0.556 bits per heavy atom. The minimum atomic E-state index is -0.473. The summed E-state index contributed by atoms with van der Waals surface area (Å²) in [7, 11) is 7.10. The van der Waals surface area contributed by atoms with E-state index in [0.29, 0.717) is 83.2 Å². The molecule has 8 unspecified atom stereocenters. The smallest absolute Gasteiger partial charge is 0.322 e. The molecule has 0 amide bonds. The van der Waals surface area contributed by atoms with Crippen LogP contribution >= 0.6 is 23.5 Å². The molecule has 6 nitrogen and oxygen atoms in total. The number of carbonyl (C=O) groups is 2. The maximum absolute atomic E-state index is 14.1. The molecule has 0 saturated heterocycles. The summed E-state index contributed by atoms with van der Waals surface area (Å²) in [6.07, 6.45) is 4.98. The van der Waals surface area contributed by atoms with Crippen molar-refractivity contribution in [1.82, 2.24) is 0 Å². The van der Waals surface area contributed by atoms with Crippen LogP contribution in [0.5, 0.6) is 0 Å². The van der Waals surface area contributed by atoms with Gasteiger partial charge < -0.3 is 18.9 Å². The van der Waals surface area contributed by atoms with Crippen LogP contribution in [-0.4, -0.2) is 74.6 Å². The predicted octanol–water partition coefficient (Wildman–Crippen LogP) is 2.06. The average Bonchev–Trinajstić information content (AvgIpc) is 3.71. The summed E-state index contributed by atoms with van der Waals surface area (Å²) < 4.78 is 23.5. The van der Waals surface area contributed by atoms with E-state index in [1.807, 2.05) is 37.7 Å². The van der Waals surface area contributed by atoms with Crippen LogP contribution in [0.1, 0.15) is 0 Å². The minimum absolute atomic E-state index is 0.0219. The minimum Gasteiger partial charge on any atom is -0.468 e. The molecular weight excluding hydrogens is 496 g/mol. The van der Waals surface area contributed by atoms with Gasteiger partial charge in [-0.1, -0.05) is 0 Å². The zero-order valence-electron chi connectivity index (χ0n) is 21.3. The fraction of sp³-hybridized carbons (Fsp3) is 0.929. The van der Waals surface area contributed by atoms with E-state index >= 15 is 0 Å². The first kappa shape index (κ1) is 20.5. The van der Waals surface area contributed by atoms with Crippen LogP contribution in [0.25, 0.3) is 0 Å². The fourth-order valence-corrected chi connectivity index (χ4v) is 21.7. The molecule has 13 aliphatic carbocycles. The number of hydrogen-bond donors (Lipinski definition) is 0. The van der Waals surface area contributed by atoms with Crippen LogP contribution in [0.4, 0.5) is 0 Å². The maximum Gasteiger partial charge on any atom is 0.322 e. The summed E-state index contributed by atoms with van der Waals surface area (Å²) >= 11 is 3.64. The van der Waals surface area contributed by atoms with Crippen molar-refractivity contribution in [3.8, 4) is 0 Å². The Balaban J connectivity index is 1.34. The molecule has 0 aromatic heterocycles. The molecule has 0 aromatic rings. The van der Waals surface area contributed by atoms with Gasteiger partial charge in [0.2, 0.25) is 0 Å². The SMILES string of the molecule is COC(=O)C1(SC)C2C3C4C1C15C6C(OC)C7C8C6C6C(OC)C8C8(C3C(SC)(C(=O)OC)C4C618)C725. The van der Waals surface area contributed by atoms with Gasteiger partial charge in [0, 0.05) is 14.2 Å². The van der Waals surface area contributed by atoms with Crippen molar-refractivity contribution in [2.75, 3.05) is 41.0 Å². The summed E-state index contributed by atoms with van der Waals surface area (Å²) in [5.41, 5.74) is 0.417. The van der Waals surface area contributed by atoms with Crippen LogP contribution < -0.4 is 0 Å². The van der Waals surface area contributed by atoms with Gasteiger partial charge in [0.1, 0.15) is 9.49 Å². The van der Waals surface area contributed by atoms with Gasteiger partial charge in [-0.2, -0.15) is 0 Å². The zero-order chi connectivity index (χ0) is 24.5. The molecule has 0 aliphatic heterocycles. The summed E-state index contributed by atoms with van der Waals surface area (Å²) in [6, 6.07) is 0. The molecule has 13 saturated carbocycles. The molecule has 13 rings (SSSR count). The normalized spacial score (nSPS) is 77.4. The second kappa shape index (κ2) is 4.85. The number of thioether (sulfide) groups is 2. The maximum atomic E-state index is 14.1. The molecule has 13 fully saturated rings. The Hall–Kier alpha value is -0.440. The lowest BCUT2D eigenvalue weighted by molar-refractivity contribution is -0.297. The first-order chi connectivity index (χ1) is 17.4. The monoisotopic (exact) mass is 528 g/mol. The number of methoxy groups -OCH3 is 4. The van der Waals surface area contributed by atoms with Crippen molar-refractivity contribution < 1.29 is 28.5 Å². The van der Waals surface area contributed by atoms with Crippen molar-refractivity contribution in [2.45, 2.75) is 21.7 Å². The topological polar surface area (TPSA) is 71.1 Å². The molecule has 0 N–H and O–H groups in total. The van der Waals surface area contributed by atoms with E-state index < -0.39 is 9.49 Å². The molecule has 13 aliphatic rings. The number of esters is 2. The van der Waals surface area contributed by atoms with Crippen molar-refractivity contribution in [1.29, 1.82) is 0 Å². The van der Waals surface area contributed by atoms with Crippen molar-refractivity contribution in [3.63, 3.8) is 0 Å². The first-order valence-corrected chi connectivity index (χ1v) is 16.2. The lowest BCUT2D eigenvalue weighted by Gasteiger charge is -2.74. The molecule has 8 bridgehead atoms. The highest BCUT2D eigenvalue weighted by Gasteiger charge is 3.26. The second-order valence-electron chi connectivity index (χ2n) is 14.2. The van der Waals surface area contributed by atoms with Crippen molar-refractivity contribution >= 4 is 35.5 Å². The van der Waals surface area contributed by atoms with E-state index in [0.717, 1.165) is 0 Å². The highest BCUT2D eigenvalue weighted by atomic mass is 32.2. The Morgan fingerprint density at radius 2 is 0.861 bits per heavy atom. The molecule has 0 radical (unpaired) electrons. The summed E-state index contributed by atoms with van der Waals surface area (Å²) in [4.78, 5) is 28.2. The third-order valence-corrected chi connectivity index (χ3v) is 19.1. The Morgan fingerprint density at radius 3 is 1.08 bits per heavy atom. The van der Waals surface area contributed by atoms with Crippen molar-refractivity contribution in [3.05, 3.63) is 0 Å². The van der Waals surface area contributed by atoms with E-state index in [4.69, 9.17) is 18.9 Å². The van der Waals surface area contributed by atoms with Gasteiger partial charge in [-0.3, -0.25) is 9.59 Å². The van der Waals surface area contributed by atoms with Crippen LogP contribution in [0.15, 0.2) is 0 Å². The van der Waals surface area contributed by atoms with E-state index in [2.05, 4.69) is 12.5 Å². The molecular formula is C28H32O6S2. The van der Waals surface area contributed by atoms with E-state index in [1.54, 1.807) is 14.2 Å². The predicted molar refractivity (Wildman–Crippen MR) is 130 cm³/mol. The lowest BCUT2D eigenvalue weighted by Crippen LogP contribution is -2.73. The average molecular weight is 529 g/mol. The van der Waals surface area contributed by atoms with Crippen LogP contribution in [0.3, 0.4) is 0 Å². The molecule has 0 aromatic carbocycles. The summed E-state index contributed by atoms with van der Waals surface area (Å²) in [6.45, 7) is 0. The molecule has 8 atom stereocenters. The Kier molecular flexibility index (Phi) is 2.76. The first-order valence-electron chi connectivity index (χ1n) is 13.8. The van der Waals surface area contributed by atoms with Crippen LogP contribution in [-0.2, 0) is 28.5 Å². The standard InChI is InChI=1S/C28H32O6S2/c1-31-15-11-7-8-12(15)26-18-10-9-17(23(18,35-5)21(29)33-3)25(11,26)27-13(7)16(32-2)14(8)28(26,27)20(10)24(36-6,19(9)27)22(30)34-4/h7-20H,1-6H3. The van der Waals surface area contributed by atoms with Gasteiger partial charge in [-0.25, -0.2) is 0 Å². The number of carbonyl (C=O) groups excluding carboxylic acids is 2. The van der Waals surface area contributed by atoms with E-state index in [1.165, 1.54) is 0 Å². The molecule has 4 spiro atoms. The number of rotatable bonds is 6. The molecule has 36 heavy (non-hydrogen) atoms. The highest BCUT2D eigenvalue weighted by Crippen LogP contribution is 3.25. The Bertz CT molecular complexity index is 1110. The number of hydrogen-bond acceptors (Lipinski definition) is 8. The lowest BCUT2D eigenvalue weighted by atomic mass is 9.28. The Labute approximate surface area is 219 Å². The van der Waals surface area contributed by atoms with Gasteiger partial charge >= 0.3 is 11.9 Å². The molecule has 8 heteroatoms. The highest BCUT2D eigenvalue weighted by molar-refractivity contribution is 8.01. The van der Waals surface area contributed by atoms with Crippen molar-refractivity contribution in [2.24, 2.45) is 92.7 Å². The van der Waals surface area contributed by atoms with Crippen LogP contribution in [0, 0.1) is 92.7 Å². The third kappa shape index (κ3) is 0.990. The van der Waals surface area contributed by atoms with Gasteiger partial charge in [0.25, 0.3) is 0 Å². The largest absolute Gasteiger partial charge is 0.468 e. The second-order valence-corrected chi connectivity index (χ2v) is 16.3. The third-order valence-electron chi connectivity index (χ3n) is 16.4. The molecule has 192 valence electrons. The number of ether oxygens (including phenoxy) is 4. The van der Waals surface area contributed by atoms with Gasteiger partial charge in [0.05, 0.1) is 26.4 Å². The quantitative estimate of drug-likeness (QED) is 0.486. The van der Waals surface area contributed by atoms with Gasteiger partial charge in [-0.05, 0) is 105 Å². The zero-order valence-corrected chi connectivity index (χ0v) is 23.0. The van der Waals surface area contributed by atoms with Crippen LogP contribution in [0.2, 0.25) is 0 Å². The molecule has 0 heterocycles. The fourth-order valence-electron chi connectivity index (χ4n) is 18.8. The van der Waals surface area contributed by atoms with E-state index in [-0.39, 0.29) is 33.6 Å². The summed E-state index contributed by atoms with van der Waals surface area (Å²) in [5.74, 6) is 5.33. The van der Waals surface area contributed by atoms with E-state index in [9.17, 15) is 9.59 Å². The summed E-state index contributed by atoms with van der Waals surface area (Å²) in [5, 5.41) is 0. The van der Waals surface area contributed by atoms with Gasteiger partial charge in [-0.15, -0.1) is 23.5 Å².